The fourth-order valence-electron chi connectivity index (χ4n) is 2.51. The second-order valence-corrected chi connectivity index (χ2v) is 5.38. The van der Waals surface area contributed by atoms with Crippen LogP contribution < -0.4 is 5.32 Å². The SMILES string of the molecule is CCC1(C)CCCN(C(=O)C2CNC2)C1. The first-order valence-electron chi connectivity index (χ1n) is 6.14. The zero-order valence-corrected chi connectivity index (χ0v) is 9.88. The molecule has 2 fully saturated rings. The minimum absolute atomic E-state index is 0.268. The second-order valence-electron chi connectivity index (χ2n) is 5.38. The lowest BCUT2D eigenvalue weighted by molar-refractivity contribution is -0.140. The first-order chi connectivity index (χ1) is 7.14. The van der Waals surface area contributed by atoms with Crippen LogP contribution in [0.15, 0.2) is 0 Å². The van der Waals surface area contributed by atoms with Crippen molar-refractivity contribution in [2.45, 2.75) is 33.1 Å². The van der Waals surface area contributed by atoms with Crippen molar-refractivity contribution in [1.29, 1.82) is 0 Å². The highest BCUT2D eigenvalue weighted by Gasteiger charge is 2.35. The van der Waals surface area contributed by atoms with Gasteiger partial charge in [0, 0.05) is 26.2 Å². The monoisotopic (exact) mass is 210 g/mol. The van der Waals surface area contributed by atoms with Gasteiger partial charge in [-0.1, -0.05) is 13.8 Å². The summed E-state index contributed by atoms with van der Waals surface area (Å²) in [5, 5.41) is 3.17. The highest BCUT2D eigenvalue weighted by Crippen LogP contribution is 2.33. The molecular weight excluding hydrogens is 188 g/mol. The average molecular weight is 210 g/mol. The number of rotatable bonds is 2. The first-order valence-corrected chi connectivity index (χ1v) is 6.14. The van der Waals surface area contributed by atoms with E-state index in [9.17, 15) is 4.79 Å². The number of nitrogens with zero attached hydrogens (tertiary/aromatic N) is 1. The highest BCUT2D eigenvalue weighted by atomic mass is 16.2. The molecule has 1 unspecified atom stereocenters. The smallest absolute Gasteiger partial charge is 0.228 e. The van der Waals surface area contributed by atoms with Crippen LogP contribution in [0.5, 0.6) is 0 Å². The van der Waals surface area contributed by atoms with Gasteiger partial charge in [-0.05, 0) is 24.7 Å². The van der Waals surface area contributed by atoms with E-state index < -0.39 is 0 Å². The number of hydrogen-bond acceptors (Lipinski definition) is 2. The number of nitrogens with one attached hydrogen (secondary N) is 1. The average Bonchev–Trinajstić information content (AvgIpc) is 2.15. The first kappa shape index (κ1) is 10.9. The van der Waals surface area contributed by atoms with Crippen molar-refractivity contribution in [2.24, 2.45) is 11.3 Å². The van der Waals surface area contributed by atoms with Gasteiger partial charge in [0.25, 0.3) is 0 Å². The zero-order valence-electron chi connectivity index (χ0n) is 9.88. The zero-order chi connectivity index (χ0) is 10.9. The largest absolute Gasteiger partial charge is 0.342 e. The summed E-state index contributed by atoms with van der Waals surface area (Å²) in [6.45, 7) is 8.27. The summed E-state index contributed by atoms with van der Waals surface area (Å²) in [5.41, 5.74) is 0.366. The van der Waals surface area contributed by atoms with E-state index in [0.717, 1.165) is 26.2 Å². The fourth-order valence-corrected chi connectivity index (χ4v) is 2.51. The Bertz CT molecular complexity index is 250. The van der Waals surface area contributed by atoms with E-state index in [1.807, 2.05) is 0 Å². The van der Waals surface area contributed by atoms with Gasteiger partial charge in [0.2, 0.25) is 5.91 Å². The summed E-state index contributed by atoms with van der Waals surface area (Å²) in [7, 11) is 0. The third kappa shape index (κ3) is 2.17. The molecule has 0 aliphatic carbocycles. The number of piperidine rings is 1. The topological polar surface area (TPSA) is 32.3 Å². The summed E-state index contributed by atoms with van der Waals surface area (Å²) >= 11 is 0. The van der Waals surface area contributed by atoms with E-state index in [1.165, 1.54) is 19.3 Å². The van der Waals surface area contributed by atoms with Crippen LogP contribution in [0.2, 0.25) is 0 Å². The van der Waals surface area contributed by atoms with Gasteiger partial charge in [0.05, 0.1) is 5.92 Å². The molecule has 1 atom stereocenters. The third-order valence-electron chi connectivity index (χ3n) is 4.08. The molecule has 0 bridgehead atoms. The predicted octanol–water partition coefficient (Wildman–Crippen LogP) is 1.24. The van der Waals surface area contributed by atoms with Gasteiger partial charge in [0.1, 0.15) is 0 Å². The van der Waals surface area contributed by atoms with Gasteiger partial charge >= 0.3 is 0 Å². The van der Waals surface area contributed by atoms with Crippen LogP contribution in [0.3, 0.4) is 0 Å². The summed E-state index contributed by atoms with van der Waals surface area (Å²) in [4.78, 5) is 14.2. The summed E-state index contributed by atoms with van der Waals surface area (Å²) in [5.74, 6) is 0.650. The molecule has 15 heavy (non-hydrogen) atoms. The Morgan fingerprint density at radius 1 is 1.53 bits per heavy atom. The lowest BCUT2D eigenvalue weighted by atomic mass is 9.79. The van der Waals surface area contributed by atoms with Crippen LogP contribution in [0.1, 0.15) is 33.1 Å². The molecule has 0 radical (unpaired) electrons. The number of likely N-dealkylation sites (tertiary alicyclic amines) is 1. The molecule has 86 valence electrons. The van der Waals surface area contributed by atoms with E-state index in [2.05, 4.69) is 24.1 Å². The molecule has 0 aromatic carbocycles. The van der Waals surface area contributed by atoms with Gasteiger partial charge in [-0.3, -0.25) is 4.79 Å². The molecular formula is C12H22N2O. The number of hydrogen-bond donors (Lipinski definition) is 1. The minimum Gasteiger partial charge on any atom is -0.342 e. The van der Waals surface area contributed by atoms with Crippen molar-refractivity contribution in [3.63, 3.8) is 0 Å². The predicted molar refractivity (Wildman–Crippen MR) is 60.6 cm³/mol. The fraction of sp³-hybridized carbons (Fsp3) is 0.917. The van der Waals surface area contributed by atoms with Crippen molar-refractivity contribution >= 4 is 5.91 Å². The van der Waals surface area contributed by atoms with Crippen molar-refractivity contribution in [3.8, 4) is 0 Å². The Labute approximate surface area is 92.2 Å². The Balaban J connectivity index is 1.94. The quantitative estimate of drug-likeness (QED) is 0.744. The van der Waals surface area contributed by atoms with E-state index in [-0.39, 0.29) is 5.92 Å². The van der Waals surface area contributed by atoms with Crippen LogP contribution in [-0.4, -0.2) is 37.0 Å². The summed E-state index contributed by atoms with van der Waals surface area (Å²) in [6, 6.07) is 0. The normalized spacial score (nSPS) is 32.5. The maximum atomic E-state index is 12.1. The Hall–Kier alpha value is -0.570. The van der Waals surface area contributed by atoms with E-state index in [4.69, 9.17) is 0 Å². The molecule has 1 N–H and O–H groups in total. The summed E-state index contributed by atoms with van der Waals surface area (Å²) in [6.07, 6.45) is 3.63. The van der Waals surface area contributed by atoms with E-state index in [0.29, 0.717) is 11.3 Å². The molecule has 0 saturated carbocycles. The van der Waals surface area contributed by atoms with E-state index in [1.54, 1.807) is 0 Å². The second kappa shape index (κ2) is 4.12. The molecule has 0 spiro atoms. The van der Waals surface area contributed by atoms with Crippen LogP contribution in [0.25, 0.3) is 0 Å². The van der Waals surface area contributed by atoms with Gasteiger partial charge in [-0.25, -0.2) is 0 Å². The van der Waals surface area contributed by atoms with Gasteiger partial charge in [-0.15, -0.1) is 0 Å². The van der Waals surface area contributed by atoms with Crippen LogP contribution in [0, 0.1) is 11.3 Å². The highest BCUT2D eigenvalue weighted by molar-refractivity contribution is 5.80. The molecule has 2 aliphatic rings. The lowest BCUT2D eigenvalue weighted by Gasteiger charge is -2.42. The molecule has 2 aliphatic heterocycles. The molecule has 2 heterocycles. The lowest BCUT2D eigenvalue weighted by Crippen LogP contribution is -2.55. The molecule has 2 saturated heterocycles. The van der Waals surface area contributed by atoms with Crippen LogP contribution >= 0.6 is 0 Å². The maximum absolute atomic E-state index is 12.1. The molecule has 2 rings (SSSR count). The van der Waals surface area contributed by atoms with Gasteiger partial charge in [0.15, 0.2) is 0 Å². The van der Waals surface area contributed by atoms with Crippen molar-refractivity contribution in [1.82, 2.24) is 10.2 Å². The number of amides is 1. The molecule has 0 aromatic rings. The molecule has 3 nitrogen and oxygen atoms in total. The van der Waals surface area contributed by atoms with Crippen LogP contribution in [0.4, 0.5) is 0 Å². The van der Waals surface area contributed by atoms with E-state index >= 15 is 0 Å². The Kier molecular flexibility index (Phi) is 3.01. The number of carbonyl (C=O) groups is 1. The maximum Gasteiger partial charge on any atom is 0.228 e. The molecule has 3 heteroatoms. The van der Waals surface area contributed by atoms with Crippen LogP contribution in [-0.2, 0) is 4.79 Å². The Morgan fingerprint density at radius 3 is 2.80 bits per heavy atom. The van der Waals surface area contributed by atoms with Gasteiger partial charge in [-0.2, -0.15) is 0 Å². The standard InChI is InChI=1S/C12H22N2O/c1-3-12(2)5-4-6-14(9-12)11(15)10-7-13-8-10/h10,13H,3-9H2,1-2H3. The number of carbonyl (C=O) groups excluding carboxylic acids is 1. The molecule has 1 amide bonds. The summed E-state index contributed by atoms with van der Waals surface area (Å²) < 4.78 is 0. The third-order valence-corrected chi connectivity index (χ3v) is 4.08. The van der Waals surface area contributed by atoms with Crippen molar-refractivity contribution in [2.75, 3.05) is 26.2 Å². The van der Waals surface area contributed by atoms with Crippen molar-refractivity contribution < 1.29 is 4.79 Å². The van der Waals surface area contributed by atoms with Crippen molar-refractivity contribution in [3.05, 3.63) is 0 Å². The molecule has 0 aromatic heterocycles. The van der Waals surface area contributed by atoms with Gasteiger partial charge < -0.3 is 10.2 Å². The Morgan fingerprint density at radius 2 is 2.27 bits per heavy atom. The minimum atomic E-state index is 0.268.